The van der Waals surface area contributed by atoms with Crippen LogP contribution in [-0.4, -0.2) is 45.6 Å². The van der Waals surface area contributed by atoms with E-state index in [1.807, 2.05) is 6.92 Å². The molecule has 0 radical (unpaired) electrons. The van der Waals surface area contributed by atoms with Gasteiger partial charge in [-0.3, -0.25) is 9.69 Å². The Morgan fingerprint density at radius 2 is 1.60 bits per heavy atom. The van der Waals surface area contributed by atoms with E-state index in [9.17, 15) is 22.8 Å². The van der Waals surface area contributed by atoms with E-state index in [1.165, 1.54) is 18.9 Å². The Labute approximate surface area is 202 Å². The molecule has 1 aliphatic heterocycles. The van der Waals surface area contributed by atoms with Gasteiger partial charge in [0.25, 0.3) is 0 Å². The van der Waals surface area contributed by atoms with Crippen LogP contribution >= 0.6 is 0 Å². The summed E-state index contributed by atoms with van der Waals surface area (Å²) in [6.07, 6.45) is 2.12. The summed E-state index contributed by atoms with van der Waals surface area (Å²) >= 11 is 0. The number of carbonyl (C=O) groups excluding carboxylic acids is 1. The van der Waals surface area contributed by atoms with E-state index in [1.54, 1.807) is 24.3 Å². The number of hydrogen-bond acceptors (Lipinski definition) is 4. The number of carbonyl (C=O) groups is 2. The normalized spacial score (nSPS) is 18.4. The molecule has 2 aromatic rings. The number of aromatic hydroxyl groups is 1. The van der Waals surface area contributed by atoms with E-state index in [4.69, 9.17) is 10.2 Å². The molecule has 1 aliphatic carbocycles. The van der Waals surface area contributed by atoms with E-state index in [0.29, 0.717) is 6.07 Å². The predicted octanol–water partition coefficient (Wildman–Crippen LogP) is 5.38. The lowest BCUT2D eigenvalue weighted by atomic mass is 9.93. The fraction of sp³-hybridized carbons (Fsp3) is 0.462. The Kier molecular flexibility index (Phi) is 8.43. The number of carboxylic acid groups (broad SMARTS) is 1. The van der Waals surface area contributed by atoms with Crippen molar-refractivity contribution in [3.05, 3.63) is 65.2 Å². The summed E-state index contributed by atoms with van der Waals surface area (Å²) in [6.45, 7) is 4.00. The molecule has 1 unspecified atom stereocenters. The number of aromatic carboxylic acids is 1. The van der Waals surface area contributed by atoms with Crippen molar-refractivity contribution in [3.63, 3.8) is 0 Å². The molecule has 35 heavy (non-hydrogen) atoms. The number of benzene rings is 2. The fourth-order valence-electron chi connectivity index (χ4n) is 4.80. The molecule has 2 fully saturated rings. The lowest BCUT2D eigenvalue weighted by Gasteiger charge is -2.38. The van der Waals surface area contributed by atoms with Crippen molar-refractivity contribution in [2.45, 2.75) is 63.2 Å². The fourth-order valence-corrected chi connectivity index (χ4v) is 4.80. The quantitative estimate of drug-likeness (QED) is 0.521. The predicted molar refractivity (Wildman–Crippen MR) is 125 cm³/mol. The van der Waals surface area contributed by atoms with Crippen molar-refractivity contribution in [1.29, 1.82) is 0 Å². The van der Waals surface area contributed by atoms with Gasteiger partial charge in [0.15, 0.2) is 0 Å². The largest absolute Gasteiger partial charge is 0.508 e. The number of nitrogens with one attached hydrogen (secondary N) is 1. The number of likely N-dealkylation sites (tertiary alicyclic amines) is 1. The number of rotatable bonds is 5. The van der Waals surface area contributed by atoms with Crippen LogP contribution < -0.4 is 5.32 Å². The summed E-state index contributed by atoms with van der Waals surface area (Å²) < 4.78 is 35.6. The topological polar surface area (TPSA) is 89.9 Å². The van der Waals surface area contributed by atoms with Crippen molar-refractivity contribution in [2.24, 2.45) is 0 Å². The van der Waals surface area contributed by atoms with Crippen LogP contribution in [0.3, 0.4) is 0 Å². The zero-order valence-corrected chi connectivity index (χ0v) is 19.6. The molecular weight excluding hydrogens is 461 g/mol. The minimum atomic E-state index is -4.38. The third kappa shape index (κ3) is 6.54. The zero-order valence-electron chi connectivity index (χ0n) is 19.6. The maximum Gasteiger partial charge on any atom is 0.416 e. The van der Waals surface area contributed by atoms with Gasteiger partial charge in [0, 0.05) is 0 Å². The number of hydrogen-bond donors (Lipinski definition) is 3. The monoisotopic (exact) mass is 492 g/mol. The van der Waals surface area contributed by atoms with Gasteiger partial charge in [-0.05, 0) is 81.6 Å². The lowest BCUT2D eigenvalue weighted by molar-refractivity contribution is -0.137. The summed E-state index contributed by atoms with van der Waals surface area (Å²) in [5.74, 6) is -1.17. The highest BCUT2D eigenvalue weighted by Gasteiger charge is 2.47. The Morgan fingerprint density at radius 3 is 2.09 bits per heavy atom. The smallest absolute Gasteiger partial charge is 0.416 e. The first-order chi connectivity index (χ1) is 16.5. The van der Waals surface area contributed by atoms with Gasteiger partial charge >= 0.3 is 12.1 Å². The third-order valence-electron chi connectivity index (χ3n) is 6.74. The standard InChI is InChI=1S/C19H26N2O3.C7H5F3O/c1-14(15-6-8-16(9-7-15)17(22)23)20-18(24)19(10-2-3-11-19)21-12-4-5-13-21;8-7(9,10)5-2-1-3-6(11)4-5/h6-9,14H,2-5,10-13H2,1H3,(H,20,24)(H,22,23);1-4,11H. The van der Waals surface area contributed by atoms with Gasteiger partial charge in [0.05, 0.1) is 17.2 Å². The molecule has 0 spiro atoms. The number of nitrogens with zero attached hydrogens (tertiary/aromatic N) is 1. The van der Waals surface area contributed by atoms with Crippen molar-refractivity contribution in [3.8, 4) is 5.75 Å². The Morgan fingerprint density at radius 1 is 1.00 bits per heavy atom. The van der Waals surface area contributed by atoms with Crippen molar-refractivity contribution in [2.75, 3.05) is 13.1 Å². The zero-order chi connectivity index (χ0) is 25.6. The summed E-state index contributed by atoms with van der Waals surface area (Å²) in [7, 11) is 0. The molecule has 1 heterocycles. The van der Waals surface area contributed by atoms with Crippen LogP contribution in [0.2, 0.25) is 0 Å². The molecule has 0 aromatic heterocycles. The molecule has 4 rings (SSSR count). The number of carboxylic acids is 1. The number of halogens is 3. The summed E-state index contributed by atoms with van der Waals surface area (Å²) in [5.41, 5.74) is 0.0354. The van der Waals surface area contributed by atoms with E-state index in [-0.39, 0.29) is 28.8 Å². The average molecular weight is 493 g/mol. The summed E-state index contributed by atoms with van der Waals surface area (Å²) in [5, 5.41) is 20.8. The first kappa shape index (κ1) is 26.5. The van der Waals surface area contributed by atoms with Gasteiger partial charge < -0.3 is 15.5 Å². The van der Waals surface area contributed by atoms with E-state index < -0.39 is 17.7 Å². The molecule has 3 N–H and O–H groups in total. The summed E-state index contributed by atoms with van der Waals surface area (Å²) in [6, 6.07) is 10.5. The molecule has 0 bridgehead atoms. The van der Waals surface area contributed by atoms with Crippen LogP contribution in [0.25, 0.3) is 0 Å². The molecule has 2 aromatic carbocycles. The van der Waals surface area contributed by atoms with Gasteiger partial charge in [0.1, 0.15) is 11.3 Å². The summed E-state index contributed by atoms with van der Waals surface area (Å²) in [4.78, 5) is 26.4. The van der Waals surface area contributed by atoms with Crippen molar-refractivity contribution >= 4 is 11.9 Å². The number of amides is 1. The second-order valence-corrected chi connectivity index (χ2v) is 9.10. The number of alkyl halides is 3. The van der Waals surface area contributed by atoms with Crippen LogP contribution in [0.15, 0.2) is 48.5 Å². The van der Waals surface area contributed by atoms with Crippen LogP contribution in [0.5, 0.6) is 5.75 Å². The van der Waals surface area contributed by atoms with E-state index in [2.05, 4.69) is 10.2 Å². The minimum Gasteiger partial charge on any atom is -0.508 e. The van der Waals surface area contributed by atoms with E-state index >= 15 is 0 Å². The highest BCUT2D eigenvalue weighted by atomic mass is 19.4. The third-order valence-corrected chi connectivity index (χ3v) is 6.74. The van der Waals surface area contributed by atoms with E-state index in [0.717, 1.165) is 56.5 Å². The molecular formula is C26H31F3N2O4. The highest BCUT2D eigenvalue weighted by molar-refractivity contribution is 5.88. The Balaban J connectivity index is 0.000000261. The lowest BCUT2D eigenvalue weighted by Crippen LogP contribution is -2.56. The van der Waals surface area contributed by atoms with Crippen molar-refractivity contribution in [1.82, 2.24) is 10.2 Å². The molecule has 190 valence electrons. The molecule has 1 saturated heterocycles. The van der Waals surface area contributed by atoms with Crippen LogP contribution in [0.1, 0.15) is 73.0 Å². The van der Waals surface area contributed by atoms with Crippen LogP contribution in [0, 0.1) is 0 Å². The molecule has 2 aliphatic rings. The van der Waals surface area contributed by atoms with Crippen molar-refractivity contribution < 1.29 is 33.0 Å². The van der Waals surface area contributed by atoms with Gasteiger partial charge in [0.2, 0.25) is 5.91 Å². The second kappa shape index (κ2) is 11.1. The first-order valence-electron chi connectivity index (χ1n) is 11.8. The molecule has 1 atom stereocenters. The SMILES string of the molecule is CC(NC(=O)C1(N2CCCC2)CCCC1)c1ccc(C(=O)O)cc1.Oc1cccc(C(F)(F)F)c1. The van der Waals surface area contributed by atoms with Crippen LogP contribution in [0.4, 0.5) is 13.2 Å². The average Bonchev–Trinajstić information content (AvgIpc) is 3.52. The Bertz CT molecular complexity index is 1010. The molecule has 1 saturated carbocycles. The van der Waals surface area contributed by atoms with Crippen LogP contribution in [-0.2, 0) is 11.0 Å². The van der Waals surface area contributed by atoms with Gasteiger partial charge in [-0.15, -0.1) is 0 Å². The Hall–Kier alpha value is -3.07. The molecule has 9 heteroatoms. The van der Waals surface area contributed by atoms with Gasteiger partial charge in [-0.1, -0.05) is 31.0 Å². The molecule has 6 nitrogen and oxygen atoms in total. The second-order valence-electron chi connectivity index (χ2n) is 9.10. The molecule has 1 amide bonds. The highest BCUT2D eigenvalue weighted by Crippen LogP contribution is 2.38. The maximum absolute atomic E-state index is 13.1. The minimum absolute atomic E-state index is 0.125. The number of phenols is 1. The number of phenolic OH excluding ortho intramolecular Hbond substituents is 1. The van der Waals surface area contributed by atoms with Gasteiger partial charge in [-0.2, -0.15) is 13.2 Å². The van der Waals surface area contributed by atoms with Gasteiger partial charge in [-0.25, -0.2) is 4.79 Å². The first-order valence-corrected chi connectivity index (χ1v) is 11.8. The maximum atomic E-state index is 13.1.